The zero-order valence-electron chi connectivity index (χ0n) is 12.6. The Kier molecular flexibility index (Phi) is 3.87. The summed E-state index contributed by atoms with van der Waals surface area (Å²) in [5, 5.41) is 3.43. The molecule has 0 fully saturated rings. The van der Waals surface area contributed by atoms with Gasteiger partial charge in [-0.25, -0.2) is 0 Å². The second-order valence-electron chi connectivity index (χ2n) is 5.68. The van der Waals surface area contributed by atoms with Gasteiger partial charge in [-0.2, -0.15) is 18.3 Å². The lowest BCUT2D eigenvalue weighted by molar-refractivity contribution is -0.141. The minimum absolute atomic E-state index is 0.205. The van der Waals surface area contributed by atoms with E-state index in [4.69, 9.17) is 0 Å². The molecule has 0 saturated heterocycles. The number of nitrogens with zero attached hydrogens (tertiary/aromatic N) is 3. The van der Waals surface area contributed by atoms with Gasteiger partial charge >= 0.3 is 6.18 Å². The number of hydrogen-bond donors (Lipinski definition) is 0. The zero-order valence-corrected chi connectivity index (χ0v) is 12.6. The van der Waals surface area contributed by atoms with Crippen LogP contribution in [0.5, 0.6) is 0 Å². The van der Waals surface area contributed by atoms with Gasteiger partial charge in [0.25, 0.3) is 0 Å². The molecule has 4 nitrogen and oxygen atoms in total. The van der Waals surface area contributed by atoms with Crippen molar-refractivity contribution in [2.75, 3.05) is 11.4 Å². The molecular formula is C16H16F3N3O. The molecule has 0 bridgehead atoms. The van der Waals surface area contributed by atoms with E-state index in [2.05, 4.69) is 5.10 Å². The molecule has 7 heteroatoms. The van der Waals surface area contributed by atoms with Crippen LogP contribution in [0.2, 0.25) is 0 Å². The fourth-order valence-electron chi connectivity index (χ4n) is 2.81. The van der Waals surface area contributed by atoms with Crippen LogP contribution >= 0.6 is 0 Å². The highest BCUT2D eigenvalue weighted by Gasteiger charge is 2.34. The zero-order chi connectivity index (χ0) is 16.6. The average Bonchev–Trinajstić information content (AvgIpc) is 2.94. The van der Waals surface area contributed by atoms with Crippen LogP contribution in [0.3, 0.4) is 0 Å². The first-order chi connectivity index (χ1) is 10.8. The van der Waals surface area contributed by atoms with Gasteiger partial charge in [0.05, 0.1) is 0 Å². The lowest BCUT2D eigenvalue weighted by Gasteiger charge is -2.29. The largest absolute Gasteiger partial charge is 0.435 e. The van der Waals surface area contributed by atoms with E-state index in [1.807, 2.05) is 25.1 Å². The Bertz CT molecular complexity index is 736. The topological polar surface area (TPSA) is 38.1 Å². The molecule has 122 valence electrons. The fourth-order valence-corrected chi connectivity index (χ4v) is 2.81. The Morgan fingerprint density at radius 2 is 2.09 bits per heavy atom. The molecule has 1 aromatic carbocycles. The summed E-state index contributed by atoms with van der Waals surface area (Å²) in [6, 6.07) is 6.75. The smallest absolute Gasteiger partial charge is 0.311 e. The second-order valence-corrected chi connectivity index (χ2v) is 5.68. The van der Waals surface area contributed by atoms with Crippen molar-refractivity contribution in [2.24, 2.45) is 0 Å². The highest BCUT2D eigenvalue weighted by Crippen LogP contribution is 2.29. The van der Waals surface area contributed by atoms with Gasteiger partial charge in [0.2, 0.25) is 5.91 Å². The molecule has 2 heterocycles. The van der Waals surface area contributed by atoms with E-state index in [9.17, 15) is 18.0 Å². The number of carbonyl (C=O) groups excluding carboxylic acids is 1. The highest BCUT2D eigenvalue weighted by atomic mass is 19.4. The maximum Gasteiger partial charge on any atom is 0.435 e. The van der Waals surface area contributed by atoms with E-state index in [1.54, 1.807) is 4.90 Å². The van der Waals surface area contributed by atoms with Crippen molar-refractivity contribution in [1.82, 2.24) is 9.78 Å². The lowest BCUT2D eigenvalue weighted by atomic mass is 9.99. The summed E-state index contributed by atoms with van der Waals surface area (Å²) < 4.78 is 38.7. The van der Waals surface area contributed by atoms with Gasteiger partial charge in [0, 0.05) is 18.4 Å². The predicted octanol–water partition coefficient (Wildman–Crippen LogP) is 3.19. The van der Waals surface area contributed by atoms with Crippen molar-refractivity contribution >= 4 is 11.6 Å². The van der Waals surface area contributed by atoms with Gasteiger partial charge in [-0.05, 0) is 37.5 Å². The number of alkyl halides is 3. The Morgan fingerprint density at radius 1 is 1.30 bits per heavy atom. The normalized spacial score (nSPS) is 14.7. The number of benzene rings is 1. The van der Waals surface area contributed by atoms with Crippen molar-refractivity contribution < 1.29 is 18.0 Å². The van der Waals surface area contributed by atoms with Crippen molar-refractivity contribution in [3.8, 4) is 0 Å². The summed E-state index contributed by atoms with van der Waals surface area (Å²) >= 11 is 0. The van der Waals surface area contributed by atoms with E-state index in [-0.39, 0.29) is 12.5 Å². The summed E-state index contributed by atoms with van der Waals surface area (Å²) in [5.74, 6) is -0.258. The third-order valence-electron chi connectivity index (χ3n) is 3.88. The van der Waals surface area contributed by atoms with Gasteiger partial charge in [-0.3, -0.25) is 9.48 Å². The highest BCUT2D eigenvalue weighted by molar-refractivity contribution is 5.94. The SMILES string of the molecule is Cc1ccc2c(c1)CCCN2C(=O)Cn1ccc(C(F)(F)F)n1. The predicted molar refractivity (Wildman–Crippen MR) is 79.1 cm³/mol. The minimum atomic E-state index is -4.50. The van der Waals surface area contributed by atoms with Gasteiger partial charge in [0.1, 0.15) is 6.54 Å². The first kappa shape index (κ1) is 15.6. The first-order valence-electron chi connectivity index (χ1n) is 7.35. The van der Waals surface area contributed by atoms with Crippen LogP contribution in [0.15, 0.2) is 30.5 Å². The number of anilines is 1. The quantitative estimate of drug-likeness (QED) is 0.851. The lowest BCUT2D eigenvalue weighted by Crippen LogP contribution is -2.37. The molecular weight excluding hydrogens is 307 g/mol. The van der Waals surface area contributed by atoms with Crippen LogP contribution in [0.4, 0.5) is 18.9 Å². The molecule has 0 atom stereocenters. The fraction of sp³-hybridized carbons (Fsp3) is 0.375. The number of rotatable bonds is 2. The van der Waals surface area contributed by atoms with Gasteiger partial charge in [0.15, 0.2) is 5.69 Å². The van der Waals surface area contributed by atoms with E-state index in [1.165, 1.54) is 6.20 Å². The molecule has 0 spiro atoms. The molecule has 3 rings (SSSR count). The summed E-state index contributed by atoms with van der Waals surface area (Å²) in [5.41, 5.74) is 2.08. The second kappa shape index (κ2) is 5.72. The van der Waals surface area contributed by atoms with E-state index >= 15 is 0 Å². The third-order valence-corrected chi connectivity index (χ3v) is 3.88. The van der Waals surface area contributed by atoms with Crippen LogP contribution in [0, 0.1) is 6.92 Å². The molecule has 1 aliphatic heterocycles. The Morgan fingerprint density at radius 3 is 2.78 bits per heavy atom. The molecule has 0 unspecified atom stereocenters. The molecule has 0 N–H and O–H groups in total. The number of carbonyl (C=O) groups is 1. The Balaban J connectivity index is 1.78. The number of halogens is 3. The average molecular weight is 323 g/mol. The molecule has 0 radical (unpaired) electrons. The molecule has 2 aromatic rings. The minimum Gasteiger partial charge on any atom is -0.311 e. The molecule has 23 heavy (non-hydrogen) atoms. The van der Waals surface area contributed by atoms with Crippen LogP contribution in [-0.4, -0.2) is 22.2 Å². The number of hydrogen-bond acceptors (Lipinski definition) is 2. The maximum atomic E-state index is 12.6. The van der Waals surface area contributed by atoms with Crippen LogP contribution < -0.4 is 4.90 Å². The summed E-state index contributed by atoms with van der Waals surface area (Å²) in [6.45, 7) is 2.36. The molecule has 1 amide bonds. The maximum absolute atomic E-state index is 12.6. The van der Waals surface area contributed by atoms with Crippen molar-refractivity contribution in [3.63, 3.8) is 0 Å². The molecule has 0 saturated carbocycles. The van der Waals surface area contributed by atoms with E-state index < -0.39 is 11.9 Å². The number of amides is 1. The summed E-state index contributed by atoms with van der Waals surface area (Å²) in [4.78, 5) is 14.1. The molecule has 1 aliphatic rings. The van der Waals surface area contributed by atoms with Crippen LogP contribution in [-0.2, 0) is 23.9 Å². The summed E-state index contributed by atoms with van der Waals surface area (Å²) in [7, 11) is 0. The Labute approximate surface area is 131 Å². The van der Waals surface area contributed by atoms with E-state index in [0.29, 0.717) is 6.54 Å². The van der Waals surface area contributed by atoms with Crippen LogP contribution in [0.1, 0.15) is 23.2 Å². The van der Waals surface area contributed by atoms with Crippen molar-refractivity contribution in [2.45, 2.75) is 32.5 Å². The van der Waals surface area contributed by atoms with E-state index in [0.717, 1.165) is 40.4 Å². The number of fused-ring (bicyclic) bond motifs is 1. The molecule has 1 aromatic heterocycles. The Hall–Kier alpha value is -2.31. The third kappa shape index (κ3) is 3.23. The van der Waals surface area contributed by atoms with Crippen molar-refractivity contribution in [1.29, 1.82) is 0 Å². The first-order valence-corrected chi connectivity index (χ1v) is 7.35. The van der Waals surface area contributed by atoms with Gasteiger partial charge in [-0.1, -0.05) is 17.7 Å². The van der Waals surface area contributed by atoms with Crippen LogP contribution in [0.25, 0.3) is 0 Å². The standard InChI is InChI=1S/C16H16F3N3O/c1-11-4-5-13-12(9-11)3-2-7-22(13)15(23)10-21-8-6-14(20-21)16(17,18)19/h4-6,8-9H,2-3,7,10H2,1H3. The van der Waals surface area contributed by atoms with Gasteiger partial charge in [-0.15, -0.1) is 0 Å². The monoisotopic (exact) mass is 323 g/mol. The van der Waals surface area contributed by atoms with Crippen molar-refractivity contribution in [3.05, 3.63) is 47.3 Å². The molecule has 0 aliphatic carbocycles. The van der Waals surface area contributed by atoms with Gasteiger partial charge < -0.3 is 4.90 Å². The summed E-state index contributed by atoms with van der Waals surface area (Å²) in [6.07, 6.45) is -1.57. The number of aryl methyl sites for hydroxylation is 2. The number of aromatic nitrogens is 2.